The van der Waals surface area contributed by atoms with Crippen LogP contribution in [0.2, 0.25) is 0 Å². The highest BCUT2D eigenvalue weighted by atomic mass is 32.1. The van der Waals surface area contributed by atoms with Crippen LogP contribution in [0.4, 0.5) is 5.69 Å². The fourth-order valence-electron chi connectivity index (χ4n) is 2.64. The summed E-state index contributed by atoms with van der Waals surface area (Å²) in [5.74, 6) is 0.929. The van der Waals surface area contributed by atoms with Crippen molar-refractivity contribution in [1.29, 1.82) is 0 Å². The van der Waals surface area contributed by atoms with Gasteiger partial charge in [-0.15, -0.1) is 0 Å². The van der Waals surface area contributed by atoms with Crippen molar-refractivity contribution in [2.45, 2.75) is 33.6 Å². The number of ether oxygens (including phenoxy) is 1. The van der Waals surface area contributed by atoms with Gasteiger partial charge in [0.15, 0.2) is 5.11 Å². The van der Waals surface area contributed by atoms with Crippen LogP contribution >= 0.6 is 12.2 Å². The highest BCUT2D eigenvalue weighted by molar-refractivity contribution is 7.80. The number of aryl methyl sites for hydroxylation is 3. The Kier molecular flexibility index (Phi) is 7.07. The van der Waals surface area contributed by atoms with E-state index in [-0.39, 0.29) is 0 Å². The highest BCUT2D eigenvalue weighted by Crippen LogP contribution is 2.14. The average molecular weight is 343 g/mol. The molecule has 3 nitrogen and oxygen atoms in total. The van der Waals surface area contributed by atoms with Crippen LogP contribution in [0.5, 0.6) is 5.75 Å². The van der Waals surface area contributed by atoms with Crippen LogP contribution in [-0.4, -0.2) is 18.3 Å². The highest BCUT2D eigenvalue weighted by Gasteiger charge is 2.00. The number of anilines is 1. The molecule has 0 aliphatic heterocycles. The van der Waals surface area contributed by atoms with Gasteiger partial charge in [0.1, 0.15) is 5.75 Å². The summed E-state index contributed by atoms with van der Waals surface area (Å²) in [6.45, 7) is 7.73. The van der Waals surface area contributed by atoms with Gasteiger partial charge in [0.25, 0.3) is 0 Å². The van der Waals surface area contributed by atoms with Gasteiger partial charge >= 0.3 is 0 Å². The van der Waals surface area contributed by atoms with Gasteiger partial charge in [-0.25, -0.2) is 0 Å². The predicted molar refractivity (Wildman–Crippen MR) is 106 cm³/mol. The molecule has 0 spiro atoms. The van der Waals surface area contributed by atoms with Crippen molar-refractivity contribution in [3.05, 3.63) is 59.2 Å². The van der Waals surface area contributed by atoms with E-state index in [0.29, 0.717) is 11.7 Å². The zero-order valence-corrected chi connectivity index (χ0v) is 15.5. The lowest BCUT2D eigenvalue weighted by Crippen LogP contribution is -2.29. The molecule has 4 heteroatoms. The molecule has 0 bridgehead atoms. The second-order valence-electron chi connectivity index (χ2n) is 5.94. The number of hydrogen-bond donors (Lipinski definition) is 2. The van der Waals surface area contributed by atoms with Crippen molar-refractivity contribution >= 4 is 23.0 Å². The molecule has 0 radical (unpaired) electrons. The van der Waals surface area contributed by atoms with Crippen LogP contribution in [0.15, 0.2) is 42.5 Å². The summed E-state index contributed by atoms with van der Waals surface area (Å²) < 4.78 is 5.45. The van der Waals surface area contributed by atoms with Crippen molar-refractivity contribution in [1.82, 2.24) is 5.32 Å². The zero-order valence-electron chi connectivity index (χ0n) is 14.7. The number of thiocarbonyl (C=S) groups is 1. The van der Waals surface area contributed by atoms with E-state index in [4.69, 9.17) is 17.0 Å². The van der Waals surface area contributed by atoms with Gasteiger partial charge in [0.05, 0.1) is 6.61 Å². The molecule has 0 saturated carbocycles. The topological polar surface area (TPSA) is 33.3 Å². The quantitative estimate of drug-likeness (QED) is 0.568. The van der Waals surface area contributed by atoms with E-state index in [1.165, 1.54) is 16.7 Å². The maximum atomic E-state index is 5.45. The first-order valence-electron chi connectivity index (χ1n) is 8.41. The largest absolute Gasteiger partial charge is 0.494 e. The summed E-state index contributed by atoms with van der Waals surface area (Å²) in [6, 6.07) is 14.6. The Morgan fingerprint density at radius 2 is 1.71 bits per heavy atom. The SMILES string of the molecule is CCOc1ccc(CCCNC(=S)Nc2cc(C)cc(C)c2)cc1. The Morgan fingerprint density at radius 1 is 1.04 bits per heavy atom. The van der Waals surface area contributed by atoms with Crippen molar-refractivity contribution in [3.63, 3.8) is 0 Å². The molecular weight excluding hydrogens is 316 g/mol. The number of hydrogen-bond acceptors (Lipinski definition) is 2. The summed E-state index contributed by atoms with van der Waals surface area (Å²) >= 11 is 5.36. The van der Waals surface area contributed by atoms with E-state index in [1.54, 1.807) is 0 Å². The molecule has 0 fully saturated rings. The number of nitrogens with one attached hydrogen (secondary N) is 2. The van der Waals surface area contributed by atoms with Crippen LogP contribution < -0.4 is 15.4 Å². The van der Waals surface area contributed by atoms with Crippen molar-refractivity contribution in [2.24, 2.45) is 0 Å². The van der Waals surface area contributed by atoms with Gasteiger partial charge in [-0.2, -0.15) is 0 Å². The summed E-state index contributed by atoms with van der Waals surface area (Å²) in [5.41, 5.74) is 4.82. The Morgan fingerprint density at radius 3 is 2.33 bits per heavy atom. The molecule has 2 rings (SSSR count). The second-order valence-corrected chi connectivity index (χ2v) is 6.35. The summed E-state index contributed by atoms with van der Waals surface area (Å²) in [5, 5.41) is 7.19. The van der Waals surface area contributed by atoms with Crippen LogP contribution in [0.25, 0.3) is 0 Å². The van der Waals surface area contributed by atoms with E-state index in [2.05, 4.69) is 54.8 Å². The van der Waals surface area contributed by atoms with Crippen LogP contribution in [0, 0.1) is 13.8 Å². The van der Waals surface area contributed by atoms with Crippen molar-refractivity contribution in [3.8, 4) is 5.75 Å². The maximum Gasteiger partial charge on any atom is 0.170 e. The van der Waals surface area contributed by atoms with Crippen LogP contribution in [-0.2, 0) is 6.42 Å². The fraction of sp³-hybridized carbons (Fsp3) is 0.350. The van der Waals surface area contributed by atoms with Gasteiger partial charge in [0.2, 0.25) is 0 Å². The van der Waals surface area contributed by atoms with E-state index in [0.717, 1.165) is 30.8 Å². The molecule has 0 aromatic heterocycles. The molecule has 0 atom stereocenters. The van der Waals surface area contributed by atoms with E-state index in [9.17, 15) is 0 Å². The van der Waals surface area contributed by atoms with E-state index >= 15 is 0 Å². The van der Waals surface area contributed by atoms with Crippen LogP contribution in [0.1, 0.15) is 30.0 Å². The minimum Gasteiger partial charge on any atom is -0.494 e. The Bertz CT molecular complexity index is 648. The van der Waals surface area contributed by atoms with Crippen LogP contribution in [0.3, 0.4) is 0 Å². The standard InChI is InChI=1S/C20H26N2OS/c1-4-23-19-9-7-17(8-10-19)6-5-11-21-20(24)22-18-13-15(2)12-16(3)14-18/h7-10,12-14H,4-6,11H2,1-3H3,(H2,21,22,24). The lowest BCUT2D eigenvalue weighted by atomic mass is 10.1. The third-order valence-corrected chi connectivity index (χ3v) is 3.89. The summed E-state index contributed by atoms with van der Waals surface area (Å²) in [7, 11) is 0. The fourth-order valence-corrected chi connectivity index (χ4v) is 2.86. The normalized spacial score (nSPS) is 10.3. The Balaban J connectivity index is 1.70. The molecule has 0 heterocycles. The molecular formula is C20H26N2OS. The molecule has 0 amide bonds. The first-order valence-corrected chi connectivity index (χ1v) is 8.82. The minimum absolute atomic E-state index is 0.673. The lowest BCUT2D eigenvalue weighted by Gasteiger charge is -2.12. The first kappa shape index (κ1) is 18.3. The third-order valence-electron chi connectivity index (χ3n) is 3.64. The first-order chi connectivity index (χ1) is 11.6. The van der Waals surface area contributed by atoms with Gasteiger partial charge in [-0.05, 0) is 86.8 Å². The van der Waals surface area contributed by atoms with Crippen molar-refractivity contribution < 1.29 is 4.74 Å². The van der Waals surface area contributed by atoms with Gasteiger partial charge in [-0.1, -0.05) is 18.2 Å². The van der Waals surface area contributed by atoms with Crippen molar-refractivity contribution in [2.75, 3.05) is 18.5 Å². The molecule has 2 aromatic carbocycles. The zero-order chi connectivity index (χ0) is 17.4. The molecule has 24 heavy (non-hydrogen) atoms. The molecule has 0 saturated heterocycles. The maximum absolute atomic E-state index is 5.45. The average Bonchev–Trinajstić information content (AvgIpc) is 2.52. The molecule has 0 unspecified atom stereocenters. The number of benzene rings is 2. The Labute approximate surface area is 150 Å². The molecule has 0 aliphatic rings. The minimum atomic E-state index is 0.673. The third kappa shape index (κ3) is 6.20. The van der Waals surface area contributed by atoms with Gasteiger partial charge in [0, 0.05) is 12.2 Å². The monoisotopic (exact) mass is 342 g/mol. The second kappa shape index (κ2) is 9.28. The number of rotatable bonds is 7. The lowest BCUT2D eigenvalue weighted by molar-refractivity contribution is 0.340. The van der Waals surface area contributed by atoms with Gasteiger partial charge in [-0.3, -0.25) is 0 Å². The van der Waals surface area contributed by atoms with E-state index in [1.807, 2.05) is 19.1 Å². The molecule has 2 aromatic rings. The smallest absolute Gasteiger partial charge is 0.170 e. The van der Waals surface area contributed by atoms with Gasteiger partial charge < -0.3 is 15.4 Å². The summed E-state index contributed by atoms with van der Waals surface area (Å²) in [4.78, 5) is 0. The summed E-state index contributed by atoms with van der Waals surface area (Å²) in [6.07, 6.45) is 2.05. The Hall–Kier alpha value is -2.07. The predicted octanol–water partition coefficient (Wildman–Crippen LogP) is 4.62. The molecule has 128 valence electrons. The molecule has 0 aliphatic carbocycles. The molecule has 2 N–H and O–H groups in total. The van der Waals surface area contributed by atoms with E-state index < -0.39 is 0 Å².